The summed E-state index contributed by atoms with van der Waals surface area (Å²) in [6.07, 6.45) is 3.80. The van der Waals surface area contributed by atoms with Crippen LogP contribution in [0.15, 0.2) is 84.8 Å². The molecule has 4 aromatic rings. The minimum absolute atomic E-state index is 0.0842. The highest BCUT2D eigenvalue weighted by atomic mass is 16.5. The van der Waals surface area contributed by atoms with Gasteiger partial charge in [0.15, 0.2) is 5.75 Å². The molecule has 1 N–H and O–H groups in total. The van der Waals surface area contributed by atoms with Crippen LogP contribution in [0.2, 0.25) is 0 Å². The summed E-state index contributed by atoms with van der Waals surface area (Å²) in [4.78, 5) is 3.57. The molecule has 0 aliphatic carbocycles. The standard InChI is InChI=1S/C31H29N3O/c1-4-19-34-25-15-13-21-9-5-7-11-23(21)29(25)31(2,17-18-32)27(34)20-28-33(3)26-16-14-22-10-6-8-12-24(22)30(26)35-28/h5-16,20,27H,4,17,19H2,1-3H3/p+1/b28-20-. The summed E-state index contributed by atoms with van der Waals surface area (Å²) >= 11 is 0. The average Bonchev–Trinajstić information content (AvgIpc) is 3.32. The van der Waals surface area contributed by atoms with Crippen molar-refractivity contribution in [3.8, 4) is 11.8 Å². The molecule has 4 nitrogen and oxygen atoms in total. The number of nitriles is 1. The first kappa shape index (κ1) is 21.7. The summed E-state index contributed by atoms with van der Waals surface area (Å²) in [6, 6.07) is 28.4. The van der Waals surface area contributed by atoms with Crippen LogP contribution in [0.3, 0.4) is 0 Å². The molecule has 4 aromatic carbocycles. The minimum Gasteiger partial charge on any atom is -0.438 e. The molecular weight excluding hydrogens is 430 g/mol. The first-order valence-corrected chi connectivity index (χ1v) is 12.5. The average molecular weight is 461 g/mol. The number of hydrogen-bond donors (Lipinski definition) is 1. The molecule has 174 valence electrons. The molecular formula is C31H30N3O+. The largest absolute Gasteiger partial charge is 0.438 e. The monoisotopic (exact) mass is 460 g/mol. The van der Waals surface area contributed by atoms with Gasteiger partial charge in [0.2, 0.25) is 5.88 Å². The van der Waals surface area contributed by atoms with Crippen molar-refractivity contribution in [1.29, 1.82) is 5.26 Å². The Bertz CT molecular complexity index is 1530. The molecule has 0 saturated carbocycles. The zero-order valence-electron chi connectivity index (χ0n) is 20.5. The SMILES string of the molecule is CCC[NH+]1c2ccc3ccccc3c2C(C)(CC#N)C1/C=C1\Oc2c(ccc3ccccc23)N1C. The van der Waals surface area contributed by atoms with E-state index in [0.29, 0.717) is 6.42 Å². The number of ether oxygens (including phenoxy) is 1. The molecule has 0 fully saturated rings. The third kappa shape index (κ3) is 3.16. The topological polar surface area (TPSA) is 40.7 Å². The highest BCUT2D eigenvalue weighted by Gasteiger charge is 2.52. The number of hydrogen-bond acceptors (Lipinski definition) is 3. The smallest absolute Gasteiger partial charge is 0.202 e. The van der Waals surface area contributed by atoms with Crippen LogP contribution in [0.1, 0.15) is 32.3 Å². The molecule has 0 radical (unpaired) electrons. The van der Waals surface area contributed by atoms with E-state index in [1.54, 1.807) is 0 Å². The van der Waals surface area contributed by atoms with Crippen molar-refractivity contribution in [2.45, 2.75) is 38.1 Å². The van der Waals surface area contributed by atoms with Gasteiger partial charge >= 0.3 is 0 Å². The summed E-state index contributed by atoms with van der Waals surface area (Å²) in [5.74, 6) is 1.76. The second kappa shape index (κ2) is 8.15. The van der Waals surface area contributed by atoms with E-state index in [2.05, 4.69) is 111 Å². The third-order valence-electron chi connectivity index (χ3n) is 7.94. The quantitative estimate of drug-likeness (QED) is 0.416. The van der Waals surface area contributed by atoms with Gasteiger partial charge in [-0.25, -0.2) is 0 Å². The van der Waals surface area contributed by atoms with Crippen LogP contribution < -0.4 is 14.5 Å². The Kier molecular flexibility index (Phi) is 5.05. The third-order valence-corrected chi connectivity index (χ3v) is 7.94. The van der Waals surface area contributed by atoms with Crippen LogP contribution in [0.4, 0.5) is 11.4 Å². The van der Waals surface area contributed by atoms with Crippen LogP contribution in [-0.2, 0) is 5.41 Å². The highest BCUT2D eigenvalue weighted by Crippen LogP contribution is 2.47. The Morgan fingerprint density at radius 1 is 1.00 bits per heavy atom. The van der Waals surface area contributed by atoms with Crippen LogP contribution in [0.25, 0.3) is 21.5 Å². The van der Waals surface area contributed by atoms with Crippen molar-refractivity contribution in [3.05, 3.63) is 90.3 Å². The zero-order chi connectivity index (χ0) is 24.2. The minimum atomic E-state index is -0.330. The summed E-state index contributed by atoms with van der Waals surface area (Å²) < 4.78 is 6.57. The van der Waals surface area contributed by atoms with Gasteiger partial charge in [-0.2, -0.15) is 5.26 Å². The predicted octanol–water partition coefficient (Wildman–Crippen LogP) is 5.84. The van der Waals surface area contributed by atoms with E-state index in [1.807, 2.05) is 0 Å². The molecule has 6 rings (SSSR count). The molecule has 3 atom stereocenters. The van der Waals surface area contributed by atoms with Gasteiger partial charge in [-0.15, -0.1) is 0 Å². The lowest BCUT2D eigenvalue weighted by atomic mass is 9.74. The van der Waals surface area contributed by atoms with E-state index in [-0.39, 0.29) is 11.5 Å². The fourth-order valence-electron chi connectivity index (χ4n) is 6.25. The Morgan fingerprint density at radius 2 is 1.69 bits per heavy atom. The van der Waals surface area contributed by atoms with Gasteiger partial charge in [-0.05, 0) is 41.6 Å². The van der Waals surface area contributed by atoms with Gasteiger partial charge in [0.05, 0.1) is 30.1 Å². The summed E-state index contributed by atoms with van der Waals surface area (Å²) in [5.41, 5.74) is 3.37. The first-order valence-electron chi connectivity index (χ1n) is 12.5. The molecule has 0 spiro atoms. The summed E-state index contributed by atoms with van der Waals surface area (Å²) in [6.45, 7) is 5.50. The van der Waals surface area contributed by atoms with Crippen molar-refractivity contribution in [3.63, 3.8) is 0 Å². The van der Waals surface area contributed by atoms with Gasteiger partial charge in [-0.1, -0.05) is 61.5 Å². The molecule has 35 heavy (non-hydrogen) atoms. The lowest BCUT2D eigenvalue weighted by Gasteiger charge is -2.30. The number of quaternary nitrogens is 1. The van der Waals surface area contributed by atoms with E-state index in [0.717, 1.165) is 35.7 Å². The molecule has 0 aromatic heterocycles. The fraction of sp³-hybridized carbons (Fsp3) is 0.258. The first-order chi connectivity index (χ1) is 17.1. The fourth-order valence-corrected chi connectivity index (χ4v) is 6.25. The summed E-state index contributed by atoms with van der Waals surface area (Å²) in [7, 11) is 2.07. The van der Waals surface area contributed by atoms with Gasteiger partial charge in [0.1, 0.15) is 11.7 Å². The van der Waals surface area contributed by atoms with Crippen molar-refractivity contribution >= 4 is 32.9 Å². The second-order valence-electron chi connectivity index (χ2n) is 10.0. The van der Waals surface area contributed by atoms with E-state index < -0.39 is 0 Å². The van der Waals surface area contributed by atoms with E-state index in [9.17, 15) is 5.26 Å². The van der Waals surface area contributed by atoms with Gasteiger partial charge < -0.3 is 9.64 Å². The Balaban J connectivity index is 1.52. The van der Waals surface area contributed by atoms with Crippen LogP contribution in [-0.4, -0.2) is 19.6 Å². The maximum atomic E-state index is 9.98. The number of fused-ring (bicyclic) bond motifs is 6. The maximum Gasteiger partial charge on any atom is 0.202 e. The highest BCUT2D eigenvalue weighted by molar-refractivity contribution is 5.95. The Labute approximate surface area is 206 Å². The number of nitrogens with one attached hydrogen (secondary N) is 1. The number of benzene rings is 4. The lowest BCUT2D eigenvalue weighted by molar-refractivity contribution is -0.850. The number of anilines is 1. The van der Waals surface area contributed by atoms with Crippen LogP contribution >= 0.6 is 0 Å². The van der Waals surface area contributed by atoms with Gasteiger partial charge in [0.25, 0.3) is 0 Å². The number of nitrogens with zero attached hydrogens (tertiary/aromatic N) is 2. The molecule has 0 bridgehead atoms. The molecule has 0 saturated heterocycles. The Hall–Kier alpha value is -3.81. The van der Waals surface area contributed by atoms with E-state index in [4.69, 9.17) is 4.74 Å². The number of rotatable bonds is 4. The molecule has 3 unspecified atom stereocenters. The molecule has 2 aliphatic rings. The summed E-state index contributed by atoms with van der Waals surface area (Å²) in [5, 5.41) is 14.8. The van der Waals surface area contributed by atoms with Crippen LogP contribution in [0.5, 0.6) is 5.75 Å². The van der Waals surface area contributed by atoms with Crippen LogP contribution in [0, 0.1) is 11.3 Å². The predicted molar refractivity (Wildman–Crippen MR) is 142 cm³/mol. The zero-order valence-corrected chi connectivity index (χ0v) is 20.5. The maximum absolute atomic E-state index is 9.98. The molecule has 2 aliphatic heterocycles. The molecule has 2 heterocycles. The van der Waals surface area contributed by atoms with Crippen molar-refractivity contribution < 1.29 is 9.64 Å². The second-order valence-corrected chi connectivity index (χ2v) is 10.0. The normalized spacial score (nSPS) is 23.9. The lowest BCUT2D eigenvalue weighted by Crippen LogP contribution is -3.10. The van der Waals surface area contributed by atoms with E-state index >= 15 is 0 Å². The Morgan fingerprint density at radius 3 is 2.43 bits per heavy atom. The van der Waals surface area contributed by atoms with Crippen molar-refractivity contribution in [1.82, 2.24) is 0 Å². The molecule has 0 amide bonds. The van der Waals surface area contributed by atoms with Crippen molar-refractivity contribution in [2.24, 2.45) is 0 Å². The van der Waals surface area contributed by atoms with E-state index in [1.165, 1.54) is 32.3 Å². The molecule has 4 heteroatoms. The van der Waals surface area contributed by atoms with Gasteiger partial charge in [0, 0.05) is 30.1 Å². The van der Waals surface area contributed by atoms with Crippen molar-refractivity contribution in [2.75, 3.05) is 18.5 Å². The van der Waals surface area contributed by atoms with Gasteiger partial charge in [-0.3, -0.25) is 4.90 Å².